The molecule has 2 unspecified atom stereocenters. The van der Waals surface area contributed by atoms with Gasteiger partial charge in [-0.15, -0.1) is 11.3 Å². The number of hydrogen-bond acceptors (Lipinski definition) is 3. The lowest BCUT2D eigenvalue weighted by Gasteiger charge is -2.26. The second kappa shape index (κ2) is 3.81. The van der Waals surface area contributed by atoms with E-state index in [2.05, 4.69) is 11.9 Å². The largest absolute Gasteiger partial charge is 0.303 e. The first-order valence-corrected chi connectivity index (χ1v) is 5.99. The van der Waals surface area contributed by atoms with E-state index in [0.29, 0.717) is 5.92 Å². The number of rotatable bonds is 3. The maximum Gasteiger partial charge on any atom is 0.126 e. The summed E-state index contributed by atoms with van der Waals surface area (Å²) in [7, 11) is 0. The summed E-state index contributed by atoms with van der Waals surface area (Å²) in [5, 5.41) is 3.08. The van der Waals surface area contributed by atoms with E-state index in [-0.39, 0.29) is 5.41 Å². The zero-order chi connectivity index (χ0) is 10.0. The summed E-state index contributed by atoms with van der Waals surface area (Å²) in [5.74, 6) is 0.517. The molecule has 0 aromatic carbocycles. The Labute approximate surface area is 88.4 Å². The highest BCUT2D eigenvalue weighted by molar-refractivity contribution is 7.09. The Kier molecular flexibility index (Phi) is 2.68. The smallest absolute Gasteiger partial charge is 0.126 e. The van der Waals surface area contributed by atoms with Gasteiger partial charge in [0.15, 0.2) is 0 Å². The monoisotopic (exact) mass is 209 g/mol. The van der Waals surface area contributed by atoms with E-state index >= 15 is 0 Å². The SMILES string of the molecule is CC1CCCC1(C=O)Cc1nccs1. The molecule has 1 aliphatic rings. The predicted molar refractivity (Wildman–Crippen MR) is 57.3 cm³/mol. The third-order valence-corrected chi connectivity index (χ3v) is 4.24. The standard InChI is InChI=1S/C11H15NOS/c1-9-3-2-4-11(9,8-13)7-10-12-5-6-14-10/h5-6,8-9H,2-4,7H2,1H3. The number of nitrogens with zero attached hydrogens (tertiary/aromatic N) is 1. The molecule has 1 heterocycles. The summed E-state index contributed by atoms with van der Waals surface area (Å²) in [6.45, 7) is 2.19. The topological polar surface area (TPSA) is 30.0 Å². The molecule has 2 atom stereocenters. The Morgan fingerprint density at radius 3 is 3.14 bits per heavy atom. The van der Waals surface area contributed by atoms with E-state index in [1.54, 1.807) is 11.3 Å². The minimum absolute atomic E-state index is 0.113. The van der Waals surface area contributed by atoms with Gasteiger partial charge in [-0.2, -0.15) is 0 Å². The quantitative estimate of drug-likeness (QED) is 0.716. The van der Waals surface area contributed by atoms with Gasteiger partial charge in [0, 0.05) is 23.4 Å². The van der Waals surface area contributed by atoms with Crippen LogP contribution in [0.1, 0.15) is 31.2 Å². The summed E-state index contributed by atoms with van der Waals surface area (Å²) in [6.07, 6.45) is 7.24. The van der Waals surface area contributed by atoms with E-state index in [1.165, 1.54) is 19.1 Å². The first-order valence-electron chi connectivity index (χ1n) is 5.11. The van der Waals surface area contributed by atoms with E-state index in [1.807, 2.05) is 11.6 Å². The lowest BCUT2D eigenvalue weighted by Crippen LogP contribution is -2.28. The second-order valence-electron chi connectivity index (χ2n) is 4.25. The molecular weight excluding hydrogens is 194 g/mol. The van der Waals surface area contributed by atoms with Crippen LogP contribution in [0.2, 0.25) is 0 Å². The fourth-order valence-corrected chi connectivity index (χ4v) is 3.12. The highest BCUT2D eigenvalue weighted by Gasteiger charge is 2.40. The third-order valence-electron chi connectivity index (χ3n) is 3.46. The molecule has 0 aliphatic heterocycles. The molecule has 0 saturated heterocycles. The van der Waals surface area contributed by atoms with Crippen molar-refractivity contribution in [2.45, 2.75) is 32.6 Å². The average molecular weight is 209 g/mol. The van der Waals surface area contributed by atoms with Gasteiger partial charge in [0.1, 0.15) is 6.29 Å². The zero-order valence-corrected chi connectivity index (χ0v) is 9.22. The van der Waals surface area contributed by atoms with Crippen LogP contribution in [0.4, 0.5) is 0 Å². The second-order valence-corrected chi connectivity index (χ2v) is 5.23. The van der Waals surface area contributed by atoms with Crippen LogP contribution in [-0.4, -0.2) is 11.3 Å². The van der Waals surface area contributed by atoms with E-state index in [0.717, 1.165) is 17.8 Å². The van der Waals surface area contributed by atoms with E-state index in [4.69, 9.17) is 0 Å². The predicted octanol–water partition coefficient (Wildman–Crippen LogP) is 2.69. The van der Waals surface area contributed by atoms with Gasteiger partial charge in [-0.1, -0.05) is 13.3 Å². The lowest BCUT2D eigenvalue weighted by molar-refractivity contribution is -0.117. The number of aromatic nitrogens is 1. The molecule has 0 N–H and O–H groups in total. The van der Waals surface area contributed by atoms with Gasteiger partial charge in [0.25, 0.3) is 0 Å². The van der Waals surface area contributed by atoms with Crippen molar-refractivity contribution >= 4 is 17.6 Å². The van der Waals surface area contributed by atoms with Crippen molar-refractivity contribution < 1.29 is 4.79 Å². The van der Waals surface area contributed by atoms with Crippen molar-refractivity contribution in [2.24, 2.45) is 11.3 Å². The van der Waals surface area contributed by atoms with Crippen molar-refractivity contribution in [2.75, 3.05) is 0 Å². The van der Waals surface area contributed by atoms with Crippen molar-refractivity contribution in [1.29, 1.82) is 0 Å². The maximum atomic E-state index is 11.2. The first kappa shape index (κ1) is 9.84. The fourth-order valence-electron chi connectivity index (χ4n) is 2.37. The Bertz CT molecular complexity index is 309. The van der Waals surface area contributed by atoms with Gasteiger partial charge in [0.2, 0.25) is 0 Å². The van der Waals surface area contributed by atoms with Gasteiger partial charge >= 0.3 is 0 Å². The minimum Gasteiger partial charge on any atom is -0.303 e. The first-order chi connectivity index (χ1) is 6.77. The van der Waals surface area contributed by atoms with E-state index < -0.39 is 0 Å². The van der Waals surface area contributed by atoms with E-state index in [9.17, 15) is 4.79 Å². The highest BCUT2D eigenvalue weighted by atomic mass is 32.1. The third kappa shape index (κ3) is 1.61. The molecule has 0 amide bonds. The molecule has 1 aliphatic carbocycles. The molecule has 1 aromatic rings. The molecule has 2 nitrogen and oxygen atoms in total. The summed E-state index contributed by atoms with van der Waals surface area (Å²) in [6, 6.07) is 0. The average Bonchev–Trinajstić information content (AvgIpc) is 2.79. The van der Waals surface area contributed by atoms with Crippen molar-refractivity contribution in [3.63, 3.8) is 0 Å². The van der Waals surface area contributed by atoms with Crippen LogP contribution in [0.5, 0.6) is 0 Å². The minimum atomic E-state index is -0.113. The lowest BCUT2D eigenvalue weighted by atomic mass is 9.77. The van der Waals surface area contributed by atoms with Crippen LogP contribution in [0.15, 0.2) is 11.6 Å². The molecule has 1 saturated carbocycles. The number of carbonyl (C=O) groups is 1. The number of aldehydes is 1. The molecule has 0 bridgehead atoms. The van der Waals surface area contributed by atoms with Crippen LogP contribution in [-0.2, 0) is 11.2 Å². The van der Waals surface area contributed by atoms with Crippen LogP contribution in [0, 0.1) is 11.3 Å². The van der Waals surface area contributed by atoms with Gasteiger partial charge in [-0.3, -0.25) is 0 Å². The van der Waals surface area contributed by atoms with Crippen LogP contribution in [0.25, 0.3) is 0 Å². The van der Waals surface area contributed by atoms with Crippen molar-refractivity contribution in [1.82, 2.24) is 4.98 Å². The molecular formula is C11H15NOS. The summed E-state index contributed by atoms with van der Waals surface area (Å²) in [5.41, 5.74) is -0.113. The molecule has 14 heavy (non-hydrogen) atoms. The molecule has 0 spiro atoms. The number of hydrogen-bond donors (Lipinski definition) is 0. The summed E-state index contributed by atoms with van der Waals surface area (Å²) in [4.78, 5) is 15.5. The number of carbonyl (C=O) groups excluding carboxylic acids is 1. The molecule has 1 fully saturated rings. The summed E-state index contributed by atoms with van der Waals surface area (Å²) < 4.78 is 0. The van der Waals surface area contributed by atoms with Gasteiger partial charge in [0.05, 0.1) is 5.01 Å². The van der Waals surface area contributed by atoms with Crippen LogP contribution < -0.4 is 0 Å². The van der Waals surface area contributed by atoms with Crippen LogP contribution in [0.3, 0.4) is 0 Å². The highest BCUT2D eigenvalue weighted by Crippen LogP contribution is 2.44. The Morgan fingerprint density at radius 1 is 1.79 bits per heavy atom. The molecule has 3 heteroatoms. The molecule has 76 valence electrons. The van der Waals surface area contributed by atoms with Crippen molar-refractivity contribution in [3.05, 3.63) is 16.6 Å². The zero-order valence-electron chi connectivity index (χ0n) is 8.40. The van der Waals surface area contributed by atoms with Gasteiger partial charge < -0.3 is 4.79 Å². The Hall–Kier alpha value is -0.700. The maximum absolute atomic E-state index is 11.2. The molecule has 2 rings (SSSR count). The number of thiazole rings is 1. The summed E-state index contributed by atoms with van der Waals surface area (Å²) >= 11 is 1.66. The van der Waals surface area contributed by atoms with Gasteiger partial charge in [-0.05, 0) is 18.8 Å². The Morgan fingerprint density at radius 2 is 2.64 bits per heavy atom. The molecule has 1 aromatic heterocycles. The van der Waals surface area contributed by atoms with Crippen molar-refractivity contribution in [3.8, 4) is 0 Å². The normalized spacial score (nSPS) is 31.9. The Balaban J connectivity index is 2.17. The van der Waals surface area contributed by atoms with Gasteiger partial charge in [-0.25, -0.2) is 4.98 Å². The fraction of sp³-hybridized carbons (Fsp3) is 0.636. The van der Waals surface area contributed by atoms with Crippen LogP contribution >= 0.6 is 11.3 Å². The molecule has 0 radical (unpaired) electrons.